The minimum atomic E-state index is -1.05. The van der Waals surface area contributed by atoms with Gasteiger partial charge in [-0.2, -0.15) is 0 Å². The Bertz CT molecular complexity index is 445. The molecule has 0 aliphatic heterocycles. The van der Waals surface area contributed by atoms with Gasteiger partial charge in [0.2, 0.25) is 0 Å². The average molecular weight is 234 g/mol. The first-order chi connectivity index (χ1) is 8.16. The normalized spacial score (nSPS) is 16.6. The maximum Gasteiger partial charge on any atom is 0.323 e. The number of carbonyl (C=O) groups is 2. The van der Waals surface area contributed by atoms with E-state index in [9.17, 15) is 9.59 Å². The summed E-state index contributed by atoms with van der Waals surface area (Å²) in [7, 11) is 0. The van der Waals surface area contributed by atoms with Gasteiger partial charge in [0.1, 0.15) is 6.54 Å². The molecule has 90 valence electrons. The van der Waals surface area contributed by atoms with E-state index < -0.39 is 12.0 Å². The fourth-order valence-corrected chi connectivity index (χ4v) is 1.98. The van der Waals surface area contributed by atoms with Gasteiger partial charge in [-0.25, -0.2) is 4.79 Å². The summed E-state index contributed by atoms with van der Waals surface area (Å²) in [6, 6.07) is 7.69. The number of carbonyl (C=O) groups excluding carboxylic acids is 1. The Hall–Kier alpha value is -2.04. The van der Waals surface area contributed by atoms with Crippen molar-refractivity contribution in [2.45, 2.75) is 12.3 Å². The zero-order valence-corrected chi connectivity index (χ0v) is 9.27. The van der Waals surface area contributed by atoms with E-state index in [1.807, 2.05) is 12.1 Å². The predicted molar refractivity (Wildman–Crippen MR) is 61.9 cm³/mol. The van der Waals surface area contributed by atoms with Crippen LogP contribution in [0.5, 0.6) is 0 Å². The summed E-state index contributed by atoms with van der Waals surface area (Å²) in [4.78, 5) is 21.4. The van der Waals surface area contributed by atoms with Crippen LogP contribution < -0.4 is 10.6 Å². The van der Waals surface area contributed by atoms with Gasteiger partial charge in [0.25, 0.3) is 0 Å². The standard InChI is InChI=1S/C12H14N2O3/c15-11(16)7-14-12(17)13-6-9-5-8-3-1-2-4-10(8)9/h1-4,9H,5-7H2,(H,15,16)(H2,13,14,17). The highest BCUT2D eigenvalue weighted by Crippen LogP contribution is 2.33. The molecule has 1 unspecified atom stereocenters. The maximum atomic E-state index is 11.2. The molecule has 0 bridgehead atoms. The van der Waals surface area contributed by atoms with Gasteiger partial charge in [-0.3, -0.25) is 4.79 Å². The number of rotatable bonds is 4. The summed E-state index contributed by atoms with van der Waals surface area (Å²) in [6.07, 6.45) is 0.968. The molecule has 1 aliphatic carbocycles. The smallest absolute Gasteiger partial charge is 0.323 e. The van der Waals surface area contributed by atoms with Crippen molar-refractivity contribution in [1.82, 2.24) is 10.6 Å². The van der Waals surface area contributed by atoms with E-state index in [-0.39, 0.29) is 6.54 Å². The highest BCUT2D eigenvalue weighted by atomic mass is 16.4. The third-order valence-corrected chi connectivity index (χ3v) is 2.87. The Balaban J connectivity index is 1.74. The molecule has 0 aromatic heterocycles. The molecule has 17 heavy (non-hydrogen) atoms. The highest BCUT2D eigenvalue weighted by molar-refractivity contribution is 5.79. The van der Waals surface area contributed by atoms with E-state index >= 15 is 0 Å². The van der Waals surface area contributed by atoms with Crippen molar-refractivity contribution in [3.63, 3.8) is 0 Å². The molecule has 1 aliphatic rings. The summed E-state index contributed by atoms with van der Waals surface area (Å²) in [5.74, 6) is -0.698. The summed E-state index contributed by atoms with van der Waals surface area (Å²) in [5.41, 5.74) is 2.59. The number of fused-ring (bicyclic) bond motifs is 1. The van der Waals surface area contributed by atoms with E-state index in [0.717, 1.165) is 6.42 Å². The lowest BCUT2D eigenvalue weighted by molar-refractivity contribution is -0.135. The van der Waals surface area contributed by atoms with Crippen LogP contribution in [0.4, 0.5) is 4.79 Å². The predicted octanol–water partition coefficient (Wildman–Crippen LogP) is 0.710. The van der Waals surface area contributed by atoms with E-state index in [2.05, 4.69) is 22.8 Å². The summed E-state index contributed by atoms with van der Waals surface area (Å²) in [5, 5.41) is 13.3. The SMILES string of the molecule is O=C(O)CNC(=O)NCC1Cc2ccccc21. The second kappa shape index (κ2) is 4.86. The van der Waals surface area contributed by atoms with Crippen LogP contribution in [0.15, 0.2) is 24.3 Å². The molecule has 5 heteroatoms. The Morgan fingerprint density at radius 2 is 2.06 bits per heavy atom. The van der Waals surface area contributed by atoms with Crippen molar-refractivity contribution in [3.05, 3.63) is 35.4 Å². The topological polar surface area (TPSA) is 78.4 Å². The van der Waals surface area contributed by atoms with Crippen LogP contribution in [0.2, 0.25) is 0 Å². The molecule has 1 aromatic carbocycles. The van der Waals surface area contributed by atoms with Gasteiger partial charge in [-0.05, 0) is 17.5 Å². The number of carboxylic acids is 1. The molecule has 1 atom stereocenters. The van der Waals surface area contributed by atoms with Crippen LogP contribution in [0.1, 0.15) is 17.0 Å². The van der Waals surface area contributed by atoms with Gasteiger partial charge in [0.15, 0.2) is 0 Å². The van der Waals surface area contributed by atoms with Gasteiger partial charge >= 0.3 is 12.0 Å². The molecule has 2 rings (SSSR count). The van der Waals surface area contributed by atoms with Crippen molar-refractivity contribution in [2.75, 3.05) is 13.1 Å². The van der Waals surface area contributed by atoms with Crippen molar-refractivity contribution in [1.29, 1.82) is 0 Å². The summed E-state index contributed by atoms with van der Waals surface area (Å²) < 4.78 is 0. The van der Waals surface area contributed by atoms with Crippen molar-refractivity contribution < 1.29 is 14.7 Å². The fourth-order valence-electron chi connectivity index (χ4n) is 1.98. The molecule has 0 spiro atoms. The molecular formula is C12H14N2O3. The number of urea groups is 1. The van der Waals surface area contributed by atoms with Crippen molar-refractivity contribution in [3.8, 4) is 0 Å². The number of carboxylic acid groups (broad SMARTS) is 1. The van der Waals surface area contributed by atoms with E-state index in [4.69, 9.17) is 5.11 Å². The molecule has 0 saturated carbocycles. The molecule has 3 N–H and O–H groups in total. The Kier molecular flexibility index (Phi) is 3.27. The molecule has 2 amide bonds. The average Bonchev–Trinajstić information content (AvgIpc) is 2.27. The third kappa shape index (κ3) is 2.75. The van der Waals surface area contributed by atoms with E-state index in [1.165, 1.54) is 11.1 Å². The number of amides is 2. The third-order valence-electron chi connectivity index (χ3n) is 2.87. The largest absolute Gasteiger partial charge is 0.480 e. The van der Waals surface area contributed by atoms with Gasteiger partial charge in [-0.1, -0.05) is 24.3 Å². The highest BCUT2D eigenvalue weighted by Gasteiger charge is 2.25. The fraction of sp³-hybridized carbons (Fsp3) is 0.333. The van der Waals surface area contributed by atoms with Crippen molar-refractivity contribution >= 4 is 12.0 Å². The van der Waals surface area contributed by atoms with E-state index in [1.54, 1.807) is 0 Å². The number of hydrogen-bond donors (Lipinski definition) is 3. The van der Waals surface area contributed by atoms with Crippen LogP contribution >= 0.6 is 0 Å². The number of benzene rings is 1. The minimum absolute atomic E-state index is 0.349. The Morgan fingerprint density at radius 3 is 2.76 bits per heavy atom. The number of hydrogen-bond acceptors (Lipinski definition) is 2. The van der Waals surface area contributed by atoms with Gasteiger partial charge < -0.3 is 15.7 Å². The van der Waals surface area contributed by atoms with E-state index in [0.29, 0.717) is 12.5 Å². The van der Waals surface area contributed by atoms with Crippen LogP contribution in [0.3, 0.4) is 0 Å². The van der Waals surface area contributed by atoms with Crippen LogP contribution in [-0.4, -0.2) is 30.2 Å². The first-order valence-electron chi connectivity index (χ1n) is 5.48. The molecular weight excluding hydrogens is 220 g/mol. The van der Waals surface area contributed by atoms with Gasteiger partial charge in [-0.15, -0.1) is 0 Å². The minimum Gasteiger partial charge on any atom is -0.480 e. The lowest BCUT2D eigenvalue weighted by Gasteiger charge is -2.30. The zero-order valence-electron chi connectivity index (χ0n) is 9.27. The first kappa shape index (κ1) is 11.4. The first-order valence-corrected chi connectivity index (χ1v) is 5.48. The summed E-state index contributed by atoms with van der Waals surface area (Å²) >= 11 is 0. The molecule has 5 nitrogen and oxygen atoms in total. The molecule has 1 aromatic rings. The molecule has 0 radical (unpaired) electrons. The Morgan fingerprint density at radius 1 is 1.29 bits per heavy atom. The van der Waals surface area contributed by atoms with Crippen LogP contribution in [0.25, 0.3) is 0 Å². The second-order valence-corrected chi connectivity index (χ2v) is 4.06. The Labute approximate surface area is 98.8 Å². The maximum absolute atomic E-state index is 11.2. The molecule has 0 heterocycles. The van der Waals surface area contributed by atoms with Crippen LogP contribution in [-0.2, 0) is 11.2 Å². The monoisotopic (exact) mass is 234 g/mol. The number of aliphatic carboxylic acids is 1. The lowest BCUT2D eigenvalue weighted by Crippen LogP contribution is -2.41. The summed E-state index contributed by atoms with van der Waals surface area (Å²) in [6.45, 7) is 0.190. The van der Waals surface area contributed by atoms with Crippen LogP contribution in [0, 0.1) is 0 Å². The number of nitrogens with one attached hydrogen (secondary N) is 2. The lowest BCUT2D eigenvalue weighted by atomic mass is 9.78. The van der Waals surface area contributed by atoms with Gasteiger partial charge in [0, 0.05) is 12.5 Å². The zero-order chi connectivity index (χ0) is 12.3. The van der Waals surface area contributed by atoms with Crippen molar-refractivity contribution in [2.24, 2.45) is 0 Å². The molecule has 0 saturated heterocycles. The van der Waals surface area contributed by atoms with Gasteiger partial charge in [0.05, 0.1) is 0 Å². The quantitative estimate of drug-likeness (QED) is 0.718. The molecule has 0 fully saturated rings. The second-order valence-electron chi connectivity index (χ2n) is 4.06.